The lowest BCUT2D eigenvalue weighted by Crippen LogP contribution is -2.49. The SMILES string of the molecule is COc1ccc(N2CCN(C(=O)c3[nH]c(C)c(S(=O)(=O)N4CCCC4)c3C)CC2)cc1. The number of H-pyrrole nitrogens is 1. The average molecular weight is 447 g/mol. The van der Waals surface area contributed by atoms with E-state index in [2.05, 4.69) is 9.88 Å². The Labute approximate surface area is 183 Å². The van der Waals surface area contributed by atoms with E-state index in [4.69, 9.17) is 4.74 Å². The number of aromatic amines is 1. The van der Waals surface area contributed by atoms with Crippen LogP contribution in [0.2, 0.25) is 0 Å². The highest BCUT2D eigenvalue weighted by molar-refractivity contribution is 7.89. The van der Waals surface area contributed by atoms with Crippen LogP contribution in [0.15, 0.2) is 29.2 Å². The summed E-state index contributed by atoms with van der Waals surface area (Å²) < 4.78 is 32.9. The van der Waals surface area contributed by atoms with Crippen LogP contribution in [0, 0.1) is 13.8 Å². The van der Waals surface area contributed by atoms with E-state index in [1.54, 1.807) is 25.9 Å². The lowest BCUT2D eigenvalue weighted by atomic mass is 10.2. The second-order valence-corrected chi connectivity index (χ2v) is 10.0. The molecule has 1 N–H and O–H groups in total. The number of benzene rings is 1. The summed E-state index contributed by atoms with van der Waals surface area (Å²) in [5, 5.41) is 0. The van der Waals surface area contributed by atoms with Crippen molar-refractivity contribution in [3.63, 3.8) is 0 Å². The maximum atomic E-state index is 13.2. The molecule has 2 fully saturated rings. The molecule has 2 aliphatic heterocycles. The number of piperazine rings is 1. The second kappa shape index (κ2) is 8.55. The highest BCUT2D eigenvalue weighted by Crippen LogP contribution is 2.29. The first-order chi connectivity index (χ1) is 14.8. The number of amides is 1. The third-order valence-electron chi connectivity index (χ3n) is 6.25. The average Bonchev–Trinajstić information content (AvgIpc) is 3.42. The van der Waals surface area contributed by atoms with Gasteiger partial charge < -0.3 is 19.5 Å². The van der Waals surface area contributed by atoms with Crippen LogP contribution in [0.3, 0.4) is 0 Å². The molecule has 0 bridgehead atoms. The van der Waals surface area contributed by atoms with E-state index in [1.165, 1.54) is 4.31 Å². The van der Waals surface area contributed by atoms with Gasteiger partial charge in [0.2, 0.25) is 10.0 Å². The number of aryl methyl sites for hydroxylation is 1. The van der Waals surface area contributed by atoms with Crippen LogP contribution in [-0.2, 0) is 10.0 Å². The summed E-state index contributed by atoms with van der Waals surface area (Å²) in [4.78, 5) is 20.6. The quantitative estimate of drug-likeness (QED) is 0.762. The minimum absolute atomic E-state index is 0.141. The van der Waals surface area contributed by atoms with Gasteiger partial charge in [-0.15, -0.1) is 0 Å². The van der Waals surface area contributed by atoms with E-state index < -0.39 is 10.0 Å². The molecule has 4 rings (SSSR count). The van der Waals surface area contributed by atoms with Gasteiger partial charge in [-0.25, -0.2) is 8.42 Å². The third-order valence-corrected chi connectivity index (χ3v) is 8.42. The Balaban J connectivity index is 1.48. The highest BCUT2D eigenvalue weighted by atomic mass is 32.2. The molecular weight excluding hydrogens is 416 g/mol. The van der Waals surface area contributed by atoms with Gasteiger partial charge in [0, 0.05) is 50.6 Å². The Hall–Kier alpha value is -2.52. The number of hydrogen-bond acceptors (Lipinski definition) is 5. The number of nitrogens with zero attached hydrogens (tertiary/aromatic N) is 3. The van der Waals surface area contributed by atoms with Crippen molar-refractivity contribution < 1.29 is 17.9 Å². The van der Waals surface area contributed by atoms with E-state index in [1.807, 2.05) is 24.3 Å². The maximum absolute atomic E-state index is 13.2. The van der Waals surface area contributed by atoms with Crippen LogP contribution in [0.5, 0.6) is 5.75 Å². The number of anilines is 1. The molecule has 2 saturated heterocycles. The molecule has 0 unspecified atom stereocenters. The number of hydrogen-bond donors (Lipinski definition) is 1. The Morgan fingerprint density at radius 1 is 0.968 bits per heavy atom. The van der Waals surface area contributed by atoms with Crippen LogP contribution in [0.25, 0.3) is 0 Å². The largest absolute Gasteiger partial charge is 0.497 e. The standard InChI is InChI=1S/C22H30N4O4S/c1-16-20(23-17(2)21(16)31(28,29)26-10-4-5-11-26)22(27)25-14-12-24(13-15-25)18-6-8-19(30-3)9-7-18/h6-9,23H,4-5,10-15H2,1-3H3. The summed E-state index contributed by atoms with van der Waals surface area (Å²) in [6.07, 6.45) is 1.76. The minimum atomic E-state index is -3.58. The molecule has 1 aromatic carbocycles. The molecule has 168 valence electrons. The van der Waals surface area contributed by atoms with Gasteiger partial charge in [0.1, 0.15) is 16.3 Å². The smallest absolute Gasteiger partial charge is 0.270 e. The van der Waals surface area contributed by atoms with Crippen molar-refractivity contribution >= 4 is 21.6 Å². The van der Waals surface area contributed by atoms with Crippen LogP contribution in [0.1, 0.15) is 34.6 Å². The van der Waals surface area contributed by atoms with Gasteiger partial charge in [0.05, 0.1) is 7.11 Å². The van der Waals surface area contributed by atoms with Crippen LogP contribution >= 0.6 is 0 Å². The summed E-state index contributed by atoms with van der Waals surface area (Å²) in [5.41, 5.74) is 2.53. The van der Waals surface area contributed by atoms with E-state index in [0.29, 0.717) is 43.1 Å². The zero-order chi connectivity index (χ0) is 22.2. The molecule has 9 heteroatoms. The molecule has 3 heterocycles. The first-order valence-corrected chi connectivity index (χ1v) is 12.1. The summed E-state index contributed by atoms with van der Waals surface area (Å²) in [5.74, 6) is 0.674. The number of sulfonamides is 1. The normalized spacial score (nSPS) is 17.9. The van der Waals surface area contributed by atoms with Crippen LogP contribution < -0.4 is 9.64 Å². The molecule has 0 atom stereocenters. The Morgan fingerprint density at radius 3 is 2.16 bits per heavy atom. The number of ether oxygens (including phenoxy) is 1. The molecule has 0 saturated carbocycles. The van der Waals surface area contributed by atoms with Gasteiger partial charge in [-0.1, -0.05) is 0 Å². The first kappa shape index (κ1) is 21.7. The molecule has 0 spiro atoms. The lowest BCUT2D eigenvalue weighted by molar-refractivity contribution is 0.0740. The molecule has 0 aliphatic carbocycles. The number of nitrogens with one attached hydrogen (secondary N) is 1. The zero-order valence-electron chi connectivity index (χ0n) is 18.3. The van der Waals surface area contributed by atoms with Crippen molar-refractivity contribution in [2.75, 3.05) is 51.3 Å². The van der Waals surface area contributed by atoms with Gasteiger partial charge in [-0.2, -0.15) is 4.31 Å². The summed E-state index contributed by atoms with van der Waals surface area (Å²) in [6.45, 7) is 7.15. The van der Waals surface area contributed by atoms with Crippen molar-refractivity contribution in [3.8, 4) is 5.75 Å². The molecule has 1 aromatic heterocycles. The van der Waals surface area contributed by atoms with E-state index in [9.17, 15) is 13.2 Å². The number of carbonyl (C=O) groups excluding carboxylic acids is 1. The Morgan fingerprint density at radius 2 is 1.58 bits per heavy atom. The van der Waals surface area contributed by atoms with E-state index in [-0.39, 0.29) is 10.8 Å². The van der Waals surface area contributed by atoms with Crippen molar-refractivity contribution in [2.45, 2.75) is 31.6 Å². The fourth-order valence-electron chi connectivity index (χ4n) is 4.51. The van der Waals surface area contributed by atoms with E-state index >= 15 is 0 Å². The molecule has 0 radical (unpaired) electrons. The third kappa shape index (κ3) is 4.04. The Kier molecular flexibility index (Phi) is 5.98. The zero-order valence-corrected chi connectivity index (χ0v) is 19.2. The topological polar surface area (TPSA) is 86.0 Å². The lowest BCUT2D eigenvalue weighted by Gasteiger charge is -2.36. The minimum Gasteiger partial charge on any atom is -0.497 e. The predicted octanol–water partition coefficient (Wildman–Crippen LogP) is 2.39. The van der Waals surface area contributed by atoms with Gasteiger partial charge >= 0.3 is 0 Å². The van der Waals surface area contributed by atoms with Gasteiger partial charge in [-0.3, -0.25) is 4.79 Å². The molecule has 31 heavy (non-hydrogen) atoms. The second-order valence-electron chi connectivity index (χ2n) is 8.17. The van der Waals surface area contributed by atoms with Crippen LogP contribution in [0.4, 0.5) is 5.69 Å². The fraction of sp³-hybridized carbons (Fsp3) is 0.500. The monoisotopic (exact) mass is 446 g/mol. The number of aromatic nitrogens is 1. The predicted molar refractivity (Wildman–Crippen MR) is 119 cm³/mol. The summed E-state index contributed by atoms with van der Waals surface area (Å²) >= 11 is 0. The molecular formula is C22H30N4O4S. The van der Waals surface area contributed by atoms with Crippen LogP contribution in [-0.4, -0.2) is 74.9 Å². The van der Waals surface area contributed by atoms with Crippen molar-refractivity contribution in [2.24, 2.45) is 0 Å². The Bertz CT molecular complexity index is 1050. The number of carbonyl (C=O) groups is 1. The summed E-state index contributed by atoms with van der Waals surface area (Å²) in [7, 11) is -1.94. The molecule has 2 aromatic rings. The van der Waals surface area contributed by atoms with E-state index in [0.717, 1.165) is 37.4 Å². The van der Waals surface area contributed by atoms with Crippen molar-refractivity contribution in [1.82, 2.24) is 14.2 Å². The number of methoxy groups -OCH3 is 1. The maximum Gasteiger partial charge on any atom is 0.270 e. The van der Waals surface area contributed by atoms with Gasteiger partial charge in [-0.05, 0) is 56.5 Å². The van der Waals surface area contributed by atoms with Gasteiger partial charge in [0.15, 0.2) is 0 Å². The summed E-state index contributed by atoms with van der Waals surface area (Å²) in [6, 6.07) is 7.90. The first-order valence-electron chi connectivity index (χ1n) is 10.7. The molecule has 2 aliphatic rings. The fourth-order valence-corrected chi connectivity index (χ4v) is 6.43. The van der Waals surface area contributed by atoms with Gasteiger partial charge in [0.25, 0.3) is 5.91 Å². The number of rotatable bonds is 5. The van der Waals surface area contributed by atoms with Crippen molar-refractivity contribution in [3.05, 3.63) is 41.2 Å². The highest BCUT2D eigenvalue weighted by Gasteiger charge is 2.34. The molecule has 8 nitrogen and oxygen atoms in total. The molecule has 1 amide bonds. The van der Waals surface area contributed by atoms with Crippen molar-refractivity contribution in [1.29, 1.82) is 0 Å².